The number of methoxy groups -OCH3 is 1. The van der Waals surface area contributed by atoms with Crippen LogP contribution in [0.15, 0.2) is 65.5 Å². The lowest BCUT2D eigenvalue weighted by Gasteiger charge is -2.12. The number of carbonyl (C=O) groups excluding carboxylic acids is 2. The van der Waals surface area contributed by atoms with Crippen LogP contribution in [0, 0.1) is 17.0 Å². The second-order valence-corrected chi connectivity index (χ2v) is 7.32. The molecule has 9 nitrogen and oxygen atoms in total. The molecular weight excluding hydrogens is 428 g/mol. The number of nitrogens with zero attached hydrogens (tertiary/aromatic N) is 2. The maximum absolute atomic E-state index is 12.9. The zero-order valence-corrected chi connectivity index (χ0v) is 18.1. The van der Waals surface area contributed by atoms with Gasteiger partial charge in [-0.15, -0.1) is 0 Å². The van der Waals surface area contributed by atoms with E-state index in [2.05, 4.69) is 4.74 Å². The third kappa shape index (κ3) is 5.70. The van der Waals surface area contributed by atoms with Crippen LogP contribution in [0.5, 0.6) is 0 Å². The fraction of sp³-hybridized carbons (Fsp3) is 0.208. The van der Waals surface area contributed by atoms with Gasteiger partial charge in [-0.05, 0) is 36.2 Å². The van der Waals surface area contributed by atoms with Gasteiger partial charge >= 0.3 is 23.2 Å². The molecule has 1 heterocycles. The van der Waals surface area contributed by atoms with Crippen LogP contribution >= 0.6 is 0 Å². The molecule has 9 heteroatoms. The molecule has 0 unspecified atom stereocenters. The third-order valence-corrected chi connectivity index (χ3v) is 5.04. The first-order chi connectivity index (χ1) is 15.8. The minimum atomic E-state index is -0.877. The van der Waals surface area contributed by atoms with Crippen molar-refractivity contribution in [2.45, 2.75) is 26.5 Å². The van der Waals surface area contributed by atoms with Crippen LogP contribution in [0.2, 0.25) is 0 Å². The topological polar surface area (TPSA) is 118 Å². The molecule has 170 valence electrons. The Balaban J connectivity index is 1.82. The van der Waals surface area contributed by atoms with Gasteiger partial charge < -0.3 is 9.47 Å². The number of hydrogen-bond acceptors (Lipinski definition) is 7. The molecule has 1 aromatic heterocycles. The number of hydrogen-bond donors (Lipinski definition) is 0. The Hall–Kier alpha value is -4.27. The van der Waals surface area contributed by atoms with Crippen molar-refractivity contribution in [3.05, 3.63) is 109 Å². The number of pyridine rings is 1. The lowest BCUT2D eigenvalue weighted by atomic mass is 10.0. The summed E-state index contributed by atoms with van der Waals surface area (Å²) < 4.78 is 10.9. The summed E-state index contributed by atoms with van der Waals surface area (Å²) in [5.74, 6) is -1.17. The van der Waals surface area contributed by atoms with Gasteiger partial charge in [-0.3, -0.25) is 24.3 Å². The molecule has 0 amide bonds. The van der Waals surface area contributed by atoms with Crippen LogP contribution in [0.4, 0.5) is 5.69 Å². The largest absolute Gasteiger partial charge is 0.465 e. The van der Waals surface area contributed by atoms with Gasteiger partial charge in [0.2, 0.25) is 0 Å². The first-order valence-electron chi connectivity index (χ1n) is 10.0. The molecule has 0 N–H and O–H groups in total. The van der Waals surface area contributed by atoms with Crippen LogP contribution in [0.1, 0.15) is 32.7 Å². The van der Waals surface area contributed by atoms with Gasteiger partial charge in [0.25, 0.3) is 0 Å². The van der Waals surface area contributed by atoms with Crippen LogP contribution < -0.4 is 5.56 Å². The average Bonchev–Trinajstić information content (AvgIpc) is 2.80. The first-order valence-corrected chi connectivity index (χ1v) is 10.0. The summed E-state index contributed by atoms with van der Waals surface area (Å²) in [6.45, 7) is 1.20. The van der Waals surface area contributed by atoms with E-state index in [0.29, 0.717) is 16.8 Å². The van der Waals surface area contributed by atoms with E-state index in [1.54, 1.807) is 43.3 Å². The number of ether oxygens (including phenoxy) is 2. The number of aromatic nitrogens is 1. The molecule has 0 spiro atoms. The molecule has 0 bridgehead atoms. The summed E-state index contributed by atoms with van der Waals surface area (Å²) in [4.78, 5) is 47.7. The van der Waals surface area contributed by atoms with Crippen molar-refractivity contribution in [2.75, 3.05) is 7.11 Å². The van der Waals surface area contributed by atoms with E-state index in [4.69, 9.17) is 4.74 Å². The fourth-order valence-corrected chi connectivity index (χ4v) is 3.36. The number of nitro groups is 1. The zero-order chi connectivity index (χ0) is 24.0. The molecule has 0 aliphatic rings. The van der Waals surface area contributed by atoms with Crippen LogP contribution in [-0.4, -0.2) is 28.5 Å². The first kappa shape index (κ1) is 23.4. The predicted octanol–water partition coefficient (Wildman–Crippen LogP) is 3.19. The van der Waals surface area contributed by atoms with Gasteiger partial charge in [0.05, 0.1) is 17.6 Å². The van der Waals surface area contributed by atoms with E-state index in [1.807, 2.05) is 18.2 Å². The maximum Gasteiger partial charge on any atom is 0.337 e. The van der Waals surface area contributed by atoms with E-state index < -0.39 is 34.7 Å². The SMILES string of the molecule is COC(=O)c1ccc(Cc2cc(C)n(CC(=O)OCc3ccccc3)c(=O)c2[N+](=O)[O-])cc1. The Labute approximate surface area is 189 Å². The van der Waals surface area contributed by atoms with Crippen molar-refractivity contribution in [3.8, 4) is 0 Å². The molecule has 0 saturated carbocycles. The Morgan fingerprint density at radius 3 is 2.30 bits per heavy atom. The standard InChI is InChI=1S/C24H22N2O7/c1-16-12-20(13-17-8-10-19(11-9-17)24(29)32-2)22(26(30)31)23(28)25(16)14-21(27)33-15-18-6-4-3-5-7-18/h3-12H,13-15H2,1-2H3. The van der Waals surface area contributed by atoms with E-state index in [-0.39, 0.29) is 18.6 Å². The van der Waals surface area contributed by atoms with Crippen LogP contribution in [0.3, 0.4) is 0 Å². The monoisotopic (exact) mass is 450 g/mol. The van der Waals surface area contributed by atoms with E-state index in [9.17, 15) is 24.5 Å². The molecule has 3 rings (SSSR count). The Kier molecular flexibility index (Phi) is 7.34. The molecule has 0 fully saturated rings. The zero-order valence-electron chi connectivity index (χ0n) is 18.1. The number of benzene rings is 2. The maximum atomic E-state index is 12.9. The highest BCUT2D eigenvalue weighted by molar-refractivity contribution is 5.89. The number of esters is 2. The molecule has 0 atom stereocenters. The highest BCUT2D eigenvalue weighted by Gasteiger charge is 2.24. The number of carbonyl (C=O) groups is 2. The molecule has 3 aromatic rings. The van der Waals surface area contributed by atoms with E-state index >= 15 is 0 Å². The summed E-state index contributed by atoms with van der Waals surface area (Å²) >= 11 is 0. The average molecular weight is 450 g/mol. The van der Waals surface area contributed by atoms with Gasteiger partial charge in [0, 0.05) is 17.7 Å². The van der Waals surface area contributed by atoms with Crippen molar-refractivity contribution in [2.24, 2.45) is 0 Å². The van der Waals surface area contributed by atoms with Gasteiger partial charge in [-0.25, -0.2) is 4.79 Å². The minimum Gasteiger partial charge on any atom is -0.465 e. The summed E-state index contributed by atoms with van der Waals surface area (Å²) in [7, 11) is 1.27. The number of aryl methyl sites for hydroxylation is 1. The van der Waals surface area contributed by atoms with Gasteiger partial charge in [0.15, 0.2) is 0 Å². The highest BCUT2D eigenvalue weighted by atomic mass is 16.6. The second-order valence-electron chi connectivity index (χ2n) is 7.32. The lowest BCUT2D eigenvalue weighted by Crippen LogP contribution is -2.29. The lowest BCUT2D eigenvalue weighted by molar-refractivity contribution is -0.387. The summed E-state index contributed by atoms with van der Waals surface area (Å²) in [5, 5.41) is 11.7. The smallest absolute Gasteiger partial charge is 0.337 e. The second kappa shape index (κ2) is 10.4. The Morgan fingerprint density at radius 2 is 1.70 bits per heavy atom. The summed E-state index contributed by atoms with van der Waals surface area (Å²) in [5.41, 5.74) is 0.924. The molecule has 0 aliphatic carbocycles. The van der Waals surface area contributed by atoms with Gasteiger partial charge in [-0.1, -0.05) is 42.5 Å². The Morgan fingerprint density at radius 1 is 1.03 bits per heavy atom. The minimum absolute atomic E-state index is 0.0369. The predicted molar refractivity (Wildman–Crippen MR) is 119 cm³/mol. The molecule has 2 aromatic carbocycles. The fourth-order valence-electron chi connectivity index (χ4n) is 3.36. The van der Waals surface area contributed by atoms with Crippen molar-refractivity contribution < 1.29 is 24.0 Å². The Bertz CT molecular complexity index is 1230. The molecular formula is C24H22N2O7. The number of rotatable bonds is 8. The quantitative estimate of drug-likeness (QED) is 0.294. The van der Waals surface area contributed by atoms with Crippen molar-refractivity contribution in [1.82, 2.24) is 4.57 Å². The molecule has 0 saturated heterocycles. The van der Waals surface area contributed by atoms with Crippen LogP contribution in [-0.2, 0) is 33.8 Å². The molecule has 33 heavy (non-hydrogen) atoms. The van der Waals surface area contributed by atoms with Gasteiger partial charge in [0.1, 0.15) is 13.2 Å². The molecule has 0 aliphatic heterocycles. The van der Waals surface area contributed by atoms with Gasteiger partial charge in [-0.2, -0.15) is 0 Å². The van der Waals surface area contributed by atoms with Crippen molar-refractivity contribution in [1.29, 1.82) is 0 Å². The van der Waals surface area contributed by atoms with Crippen LogP contribution in [0.25, 0.3) is 0 Å². The van der Waals surface area contributed by atoms with Crippen molar-refractivity contribution in [3.63, 3.8) is 0 Å². The molecule has 0 radical (unpaired) electrons. The third-order valence-electron chi connectivity index (χ3n) is 5.04. The van der Waals surface area contributed by atoms with E-state index in [0.717, 1.165) is 10.1 Å². The van der Waals surface area contributed by atoms with Crippen molar-refractivity contribution >= 4 is 17.6 Å². The summed E-state index contributed by atoms with van der Waals surface area (Å²) in [6.07, 6.45) is 0.104. The summed E-state index contributed by atoms with van der Waals surface area (Å²) in [6, 6.07) is 16.9. The van der Waals surface area contributed by atoms with E-state index in [1.165, 1.54) is 13.2 Å². The highest BCUT2D eigenvalue weighted by Crippen LogP contribution is 2.20. The normalized spacial score (nSPS) is 10.5.